The molecule has 5 aromatic heterocycles. The Morgan fingerprint density at radius 1 is 1.05 bits per heavy atom. The van der Waals surface area contributed by atoms with Crippen molar-refractivity contribution in [3.05, 3.63) is 84.5 Å². The number of ether oxygens (including phenoxy) is 1. The molecule has 40 heavy (non-hydrogen) atoms. The minimum Gasteiger partial charge on any atom is -0.490 e. The number of rotatable bonds is 8. The summed E-state index contributed by atoms with van der Waals surface area (Å²) in [5.74, 6) is 1.37. The van der Waals surface area contributed by atoms with Gasteiger partial charge in [-0.2, -0.15) is 20.7 Å². The van der Waals surface area contributed by atoms with Crippen LogP contribution in [0.2, 0.25) is 0 Å². The average molecular weight is 536 g/mol. The molecular formula is C29H26FN9O. The maximum absolute atomic E-state index is 13.3. The van der Waals surface area contributed by atoms with E-state index in [0.29, 0.717) is 22.6 Å². The van der Waals surface area contributed by atoms with Crippen molar-refractivity contribution >= 4 is 11.3 Å². The van der Waals surface area contributed by atoms with E-state index in [9.17, 15) is 14.9 Å². The lowest BCUT2D eigenvalue weighted by Crippen LogP contribution is -2.22. The van der Waals surface area contributed by atoms with Crippen molar-refractivity contribution in [1.29, 1.82) is 10.5 Å². The van der Waals surface area contributed by atoms with Gasteiger partial charge in [-0.1, -0.05) is 6.07 Å². The topological polar surface area (TPSA) is 121 Å². The molecule has 11 heteroatoms. The second kappa shape index (κ2) is 10.5. The Bertz CT molecular complexity index is 1740. The molecule has 200 valence electrons. The zero-order valence-corrected chi connectivity index (χ0v) is 22.4. The summed E-state index contributed by atoms with van der Waals surface area (Å²) in [6.07, 6.45) is 9.12. The zero-order chi connectivity index (χ0) is 28.4. The number of nitriles is 2. The fourth-order valence-corrected chi connectivity index (χ4v) is 4.16. The highest BCUT2D eigenvalue weighted by molar-refractivity contribution is 5.85. The van der Waals surface area contributed by atoms with Gasteiger partial charge in [-0.3, -0.25) is 0 Å². The maximum Gasteiger partial charge on any atom is 0.161 e. The SMILES string of the molecule is CC(c1ccc(-n2cc(F)cn2)nc1)N(C)c1ccc(-c2cc(OCC(C)(C)C#N)cn3ncc(C#N)c23)cn1. The molecule has 0 N–H and O–H groups in total. The van der Waals surface area contributed by atoms with Crippen molar-refractivity contribution in [2.24, 2.45) is 5.41 Å². The summed E-state index contributed by atoms with van der Waals surface area (Å²) < 4.78 is 22.2. The monoisotopic (exact) mass is 535 g/mol. The van der Waals surface area contributed by atoms with E-state index >= 15 is 0 Å². The molecule has 0 fully saturated rings. The van der Waals surface area contributed by atoms with Gasteiger partial charge in [-0.05, 0) is 50.6 Å². The molecule has 0 radical (unpaired) electrons. The van der Waals surface area contributed by atoms with E-state index in [4.69, 9.17) is 9.72 Å². The molecule has 0 bridgehead atoms. The maximum atomic E-state index is 13.3. The van der Waals surface area contributed by atoms with Gasteiger partial charge in [0.05, 0.1) is 53.4 Å². The summed E-state index contributed by atoms with van der Waals surface area (Å²) in [5, 5.41) is 27.3. The van der Waals surface area contributed by atoms with E-state index < -0.39 is 11.2 Å². The molecule has 5 aromatic rings. The number of nitrogens with zero attached hydrogens (tertiary/aromatic N) is 9. The second-order valence-electron chi connectivity index (χ2n) is 10.1. The Hall–Kier alpha value is -5.29. The van der Waals surface area contributed by atoms with Crippen molar-refractivity contribution in [3.63, 3.8) is 0 Å². The number of anilines is 1. The number of pyridine rings is 3. The smallest absolute Gasteiger partial charge is 0.161 e. The standard InChI is InChI=1S/C29H26FN9O/c1-19(20-5-8-27(34-11-20)38-15-23(30)14-36-38)37(4)26-7-6-21(12-33-26)25-9-24(40-18-29(2,3)17-32)16-39-28(25)22(10-31)13-35-39/h5-9,11-16,19H,18H2,1-4H3. The molecule has 0 aliphatic rings. The Labute approximate surface area is 230 Å². The predicted octanol–water partition coefficient (Wildman–Crippen LogP) is 5.11. The third-order valence-corrected chi connectivity index (χ3v) is 6.65. The molecule has 0 aliphatic carbocycles. The van der Waals surface area contributed by atoms with Crippen molar-refractivity contribution < 1.29 is 9.13 Å². The highest BCUT2D eigenvalue weighted by Crippen LogP contribution is 2.33. The molecule has 0 aliphatic heterocycles. The lowest BCUT2D eigenvalue weighted by molar-refractivity contribution is 0.226. The first kappa shape index (κ1) is 26.3. The van der Waals surface area contributed by atoms with Crippen LogP contribution in [0.1, 0.15) is 37.9 Å². The molecule has 0 amide bonds. The first-order valence-electron chi connectivity index (χ1n) is 12.5. The van der Waals surface area contributed by atoms with E-state index in [2.05, 4.69) is 27.3 Å². The van der Waals surface area contributed by atoms with E-state index in [1.54, 1.807) is 43.0 Å². The average Bonchev–Trinajstić information content (AvgIpc) is 3.61. The zero-order valence-electron chi connectivity index (χ0n) is 22.4. The Morgan fingerprint density at radius 2 is 1.88 bits per heavy atom. The summed E-state index contributed by atoms with van der Waals surface area (Å²) in [5.41, 5.74) is 2.90. The number of hydrogen-bond donors (Lipinski definition) is 0. The van der Waals surface area contributed by atoms with Crippen LogP contribution >= 0.6 is 0 Å². The van der Waals surface area contributed by atoms with Gasteiger partial charge in [-0.15, -0.1) is 0 Å². The molecule has 5 rings (SSSR count). The normalized spacial score (nSPS) is 12.1. The third-order valence-electron chi connectivity index (χ3n) is 6.65. The molecule has 0 saturated heterocycles. The number of fused-ring (bicyclic) bond motifs is 1. The van der Waals surface area contributed by atoms with Gasteiger partial charge in [0.2, 0.25) is 0 Å². The van der Waals surface area contributed by atoms with Crippen molar-refractivity contribution in [1.82, 2.24) is 29.4 Å². The summed E-state index contributed by atoms with van der Waals surface area (Å²) in [4.78, 5) is 11.1. The van der Waals surface area contributed by atoms with Gasteiger partial charge >= 0.3 is 0 Å². The molecular weight excluding hydrogens is 509 g/mol. The van der Waals surface area contributed by atoms with Crippen LogP contribution in [0.15, 0.2) is 67.5 Å². The van der Waals surface area contributed by atoms with Crippen LogP contribution in [0.3, 0.4) is 0 Å². The van der Waals surface area contributed by atoms with Crippen molar-refractivity contribution in [2.45, 2.75) is 26.8 Å². The summed E-state index contributed by atoms with van der Waals surface area (Å²) in [6.45, 7) is 5.85. The van der Waals surface area contributed by atoms with Crippen molar-refractivity contribution in [3.8, 4) is 34.8 Å². The number of aromatic nitrogens is 6. The Morgan fingerprint density at radius 3 is 2.50 bits per heavy atom. The molecule has 0 spiro atoms. The predicted molar refractivity (Wildman–Crippen MR) is 146 cm³/mol. The van der Waals surface area contributed by atoms with Crippen LogP contribution in [-0.2, 0) is 0 Å². The van der Waals surface area contributed by atoms with E-state index in [-0.39, 0.29) is 12.6 Å². The quantitative estimate of drug-likeness (QED) is 0.269. The van der Waals surface area contributed by atoms with Crippen LogP contribution in [0.25, 0.3) is 22.5 Å². The lowest BCUT2D eigenvalue weighted by atomic mass is 9.98. The Balaban J connectivity index is 1.40. The largest absolute Gasteiger partial charge is 0.490 e. The van der Waals surface area contributed by atoms with Crippen LogP contribution in [0.4, 0.5) is 10.2 Å². The first-order chi connectivity index (χ1) is 19.2. The third kappa shape index (κ3) is 5.18. The lowest BCUT2D eigenvalue weighted by Gasteiger charge is -2.26. The fourth-order valence-electron chi connectivity index (χ4n) is 4.16. The van der Waals surface area contributed by atoms with Crippen LogP contribution in [-0.4, -0.2) is 43.0 Å². The van der Waals surface area contributed by atoms with Gasteiger partial charge in [0.1, 0.15) is 24.2 Å². The fraction of sp³-hybridized carbons (Fsp3) is 0.241. The molecule has 1 atom stereocenters. The minimum atomic E-state index is -0.658. The van der Waals surface area contributed by atoms with Crippen LogP contribution in [0.5, 0.6) is 5.75 Å². The second-order valence-corrected chi connectivity index (χ2v) is 10.1. The summed E-state index contributed by atoms with van der Waals surface area (Å²) in [7, 11) is 1.94. The number of hydrogen-bond acceptors (Lipinski definition) is 8. The van der Waals surface area contributed by atoms with Gasteiger partial charge in [-0.25, -0.2) is 23.6 Å². The van der Waals surface area contributed by atoms with E-state index in [0.717, 1.165) is 28.7 Å². The molecule has 0 aromatic carbocycles. The highest BCUT2D eigenvalue weighted by Gasteiger charge is 2.20. The summed E-state index contributed by atoms with van der Waals surface area (Å²) >= 11 is 0. The van der Waals surface area contributed by atoms with E-state index in [1.165, 1.54) is 17.1 Å². The minimum absolute atomic E-state index is 0.0544. The van der Waals surface area contributed by atoms with E-state index in [1.807, 2.05) is 43.1 Å². The summed E-state index contributed by atoms with van der Waals surface area (Å²) in [6, 6.07) is 13.8. The molecule has 0 saturated carbocycles. The van der Waals surface area contributed by atoms with Crippen LogP contribution in [0, 0.1) is 33.9 Å². The van der Waals surface area contributed by atoms with Gasteiger partial charge < -0.3 is 9.64 Å². The first-order valence-corrected chi connectivity index (χ1v) is 12.5. The van der Waals surface area contributed by atoms with Gasteiger partial charge in [0, 0.05) is 30.6 Å². The molecule has 10 nitrogen and oxygen atoms in total. The van der Waals surface area contributed by atoms with Crippen LogP contribution < -0.4 is 9.64 Å². The number of halogens is 1. The highest BCUT2D eigenvalue weighted by atomic mass is 19.1. The van der Waals surface area contributed by atoms with Gasteiger partial charge in [0.25, 0.3) is 0 Å². The molecule has 5 heterocycles. The van der Waals surface area contributed by atoms with Crippen molar-refractivity contribution in [2.75, 3.05) is 18.6 Å². The van der Waals surface area contributed by atoms with Gasteiger partial charge in [0.15, 0.2) is 11.6 Å². The Kier molecular flexibility index (Phi) is 6.89. The molecule has 1 unspecified atom stereocenters.